The molecule has 2 aliphatic heterocycles. The van der Waals surface area contributed by atoms with Crippen LogP contribution in [-0.4, -0.2) is 42.1 Å². The maximum Gasteiger partial charge on any atom is 0.258 e. The summed E-state index contributed by atoms with van der Waals surface area (Å²) in [7, 11) is 0. The van der Waals surface area contributed by atoms with E-state index in [2.05, 4.69) is 10.5 Å². The number of nitrogens with one attached hydrogen (secondary N) is 1. The quantitative estimate of drug-likeness (QED) is 0.846. The second-order valence-corrected chi connectivity index (χ2v) is 8.41. The Morgan fingerprint density at radius 3 is 2.50 bits per heavy atom. The molecule has 1 amide bonds. The van der Waals surface area contributed by atoms with Crippen LogP contribution < -0.4 is 10.2 Å². The molecular formula is C24H27N3O3. The molecule has 1 atom stereocenters. The van der Waals surface area contributed by atoms with Crippen LogP contribution in [0.2, 0.25) is 0 Å². The van der Waals surface area contributed by atoms with Gasteiger partial charge in [0.1, 0.15) is 0 Å². The summed E-state index contributed by atoms with van der Waals surface area (Å²) in [5.41, 5.74) is 2.59. The van der Waals surface area contributed by atoms with Gasteiger partial charge in [-0.05, 0) is 63.9 Å². The molecule has 2 aromatic rings. The number of anilines is 1. The number of ketones is 1. The predicted octanol–water partition coefficient (Wildman–Crippen LogP) is 3.48. The Labute approximate surface area is 176 Å². The summed E-state index contributed by atoms with van der Waals surface area (Å²) in [6.45, 7) is 7.18. The van der Waals surface area contributed by atoms with Gasteiger partial charge in [0.2, 0.25) is 5.78 Å². The van der Waals surface area contributed by atoms with Crippen molar-refractivity contribution in [3.05, 3.63) is 65.2 Å². The van der Waals surface area contributed by atoms with Gasteiger partial charge in [-0.25, -0.2) is 0 Å². The second-order valence-electron chi connectivity index (χ2n) is 8.41. The number of benzene rings is 2. The van der Waals surface area contributed by atoms with Gasteiger partial charge in [-0.15, -0.1) is 0 Å². The summed E-state index contributed by atoms with van der Waals surface area (Å²) in [4.78, 5) is 33.2. The Morgan fingerprint density at radius 2 is 1.90 bits per heavy atom. The first-order chi connectivity index (χ1) is 14.4. The van der Waals surface area contributed by atoms with E-state index in [4.69, 9.17) is 4.84 Å². The highest BCUT2D eigenvalue weighted by atomic mass is 16.7. The van der Waals surface area contributed by atoms with E-state index in [1.165, 1.54) is 0 Å². The number of oxime groups is 1. The first-order valence-electron chi connectivity index (χ1n) is 10.4. The van der Waals surface area contributed by atoms with E-state index >= 15 is 0 Å². The van der Waals surface area contributed by atoms with Crippen LogP contribution in [0.25, 0.3) is 0 Å². The van der Waals surface area contributed by atoms with Crippen LogP contribution in [0.4, 0.5) is 5.69 Å². The molecule has 2 aromatic carbocycles. The van der Waals surface area contributed by atoms with E-state index in [-0.39, 0.29) is 17.7 Å². The number of para-hydroxylation sites is 1. The van der Waals surface area contributed by atoms with Crippen LogP contribution in [0.15, 0.2) is 53.7 Å². The summed E-state index contributed by atoms with van der Waals surface area (Å²) in [6, 6.07) is 15.1. The lowest BCUT2D eigenvalue weighted by Gasteiger charge is -2.35. The highest BCUT2D eigenvalue weighted by Gasteiger charge is 2.40. The van der Waals surface area contributed by atoms with Crippen LogP contribution >= 0.6 is 0 Å². The zero-order valence-electron chi connectivity index (χ0n) is 17.6. The maximum atomic E-state index is 13.6. The van der Waals surface area contributed by atoms with E-state index < -0.39 is 5.60 Å². The van der Waals surface area contributed by atoms with Crippen molar-refractivity contribution in [3.63, 3.8) is 0 Å². The smallest absolute Gasteiger partial charge is 0.258 e. The summed E-state index contributed by atoms with van der Waals surface area (Å²) < 4.78 is 0. The number of piperidine rings is 1. The molecule has 2 aliphatic rings. The first kappa shape index (κ1) is 20.3. The molecule has 2 heterocycles. The fraction of sp³-hybridized carbons (Fsp3) is 0.375. The van der Waals surface area contributed by atoms with Crippen molar-refractivity contribution in [3.8, 4) is 0 Å². The van der Waals surface area contributed by atoms with Gasteiger partial charge in [0.15, 0.2) is 11.3 Å². The van der Waals surface area contributed by atoms with Gasteiger partial charge >= 0.3 is 0 Å². The number of Topliss-reactive ketones (excluding diaryl/α,β-unsaturated/α-hetero) is 1. The normalized spacial score (nSPS) is 20.4. The van der Waals surface area contributed by atoms with Gasteiger partial charge in [0.25, 0.3) is 5.91 Å². The monoisotopic (exact) mass is 405 g/mol. The van der Waals surface area contributed by atoms with Gasteiger partial charge < -0.3 is 15.1 Å². The Hall–Kier alpha value is -2.99. The van der Waals surface area contributed by atoms with E-state index in [1.807, 2.05) is 36.1 Å². The molecular weight excluding hydrogens is 378 g/mol. The van der Waals surface area contributed by atoms with E-state index in [9.17, 15) is 9.59 Å². The number of rotatable bonds is 4. The van der Waals surface area contributed by atoms with Crippen molar-refractivity contribution >= 4 is 23.1 Å². The highest BCUT2D eigenvalue weighted by molar-refractivity contribution is 6.49. The van der Waals surface area contributed by atoms with Crippen LogP contribution in [0.3, 0.4) is 0 Å². The van der Waals surface area contributed by atoms with Crippen molar-refractivity contribution in [2.24, 2.45) is 5.16 Å². The van der Waals surface area contributed by atoms with Crippen molar-refractivity contribution in [1.29, 1.82) is 0 Å². The van der Waals surface area contributed by atoms with E-state index in [1.54, 1.807) is 38.1 Å². The molecule has 1 unspecified atom stereocenters. The molecule has 0 spiro atoms. The molecule has 0 saturated carbocycles. The average molecular weight is 405 g/mol. The standard InChI is InChI=1S/C24H27N3O3/c1-16-7-4-5-9-20(16)27(19-8-6-14-25-15-19)23(29)18-12-10-17(11-13-18)21-22(28)24(2,3)30-26-21/h4-5,7,9-13,19,25H,6,8,14-15H2,1-3H3. The van der Waals surface area contributed by atoms with Crippen LogP contribution in [0, 0.1) is 6.92 Å². The zero-order valence-corrected chi connectivity index (χ0v) is 17.6. The number of carbonyl (C=O) groups is 2. The second kappa shape index (κ2) is 8.03. The molecule has 156 valence electrons. The van der Waals surface area contributed by atoms with Crippen LogP contribution in [0.1, 0.15) is 48.2 Å². The molecule has 1 saturated heterocycles. The summed E-state index contributed by atoms with van der Waals surface area (Å²) in [5, 5.41) is 7.35. The first-order valence-corrected chi connectivity index (χ1v) is 10.4. The third kappa shape index (κ3) is 3.75. The Morgan fingerprint density at radius 1 is 1.17 bits per heavy atom. The lowest BCUT2D eigenvalue weighted by Crippen LogP contribution is -2.49. The van der Waals surface area contributed by atoms with Crippen molar-refractivity contribution in [2.45, 2.75) is 45.3 Å². The molecule has 0 aliphatic carbocycles. The molecule has 30 heavy (non-hydrogen) atoms. The number of carbonyl (C=O) groups excluding carboxylic acids is 2. The lowest BCUT2D eigenvalue weighted by molar-refractivity contribution is -0.128. The number of hydrogen-bond donors (Lipinski definition) is 1. The molecule has 6 nitrogen and oxygen atoms in total. The van der Waals surface area contributed by atoms with E-state index in [0.717, 1.165) is 37.2 Å². The molecule has 0 radical (unpaired) electrons. The SMILES string of the molecule is Cc1ccccc1N(C(=O)c1ccc(C2=NOC(C)(C)C2=O)cc1)C1CCCNC1. The van der Waals surface area contributed by atoms with Crippen molar-refractivity contribution < 1.29 is 14.4 Å². The van der Waals surface area contributed by atoms with E-state index in [0.29, 0.717) is 16.8 Å². The zero-order chi connectivity index (χ0) is 21.3. The Kier molecular flexibility index (Phi) is 5.43. The fourth-order valence-corrected chi connectivity index (χ4v) is 3.98. The topological polar surface area (TPSA) is 71.0 Å². The summed E-state index contributed by atoms with van der Waals surface area (Å²) in [6.07, 6.45) is 2.00. The molecule has 1 N–H and O–H groups in total. The number of aryl methyl sites for hydroxylation is 1. The Balaban J connectivity index is 1.63. The molecule has 6 heteroatoms. The lowest BCUT2D eigenvalue weighted by atomic mass is 9.95. The third-order valence-corrected chi connectivity index (χ3v) is 5.76. The molecule has 0 aromatic heterocycles. The van der Waals surface area contributed by atoms with Gasteiger partial charge in [0, 0.05) is 29.4 Å². The molecule has 0 bridgehead atoms. The van der Waals surface area contributed by atoms with Gasteiger partial charge in [-0.2, -0.15) is 0 Å². The largest absolute Gasteiger partial charge is 0.381 e. The maximum absolute atomic E-state index is 13.6. The highest BCUT2D eigenvalue weighted by Crippen LogP contribution is 2.27. The van der Waals surface area contributed by atoms with Gasteiger partial charge in [-0.1, -0.05) is 35.5 Å². The van der Waals surface area contributed by atoms with Crippen LogP contribution in [-0.2, 0) is 9.63 Å². The number of hydrogen-bond acceptors (Lipinski definition) is 5. The Bertz CT molecular complexity index is 989. The minimum atomic E-state index is -0.945. The number of nitrogens with zero attached hydrogens (tertiary/aromatic N) is 2. The van der Waals surface area contributed by atoms with Crippen molar-refractivity contribution in [2.75, 3.05) is 18.0 Å². The summed E-state index contributed by atoms with van der Waals surface area (Å²) >= 11 is 0. The predicted molar refractivity (Wildman–Crippen MR) is 117 cm³/mol. The average Bonchev–Trinajstić information content (AvgIpc) is 3.03. The third-order valence-electron chi connectivity index (χ3n) is 5.76. The number of amides is 1. The van der Waals surface area contributed by atoms with Gasteiger partial charge in [0.05, 0.1) is 0 Å². The van der Waals surface area contributed by atoms with Crippen LogP contribution in [0.5, 0.6) is 0 Å². The summed E-state index contributed by atoms with van der Waals surface area (Å²) in [5.74, 6) is -0.197. The van der Waals surface area contributed by atoms with Gasteiger partial charge in [-0.3, -0.25) is 9.59 Å². The molecule has 4 rings (SSSR count). The fourth-order valence-electron chi connectivity index (χ4n) is 3.98. The van der Waals surface area contributed by atoms with Crippen molar-refractivity contribution in [1.82, 2.24) is 5.32 Å². The minimum Gasteiger partial charge on any atom is -0.381 e. The molecule has 1 fully saturated rings. The minimum absolute atomic E-state index is 0.0409.